The highest BCUT2D eigenvalue weighted by atomic mass is 16.1. The van der Waals surface area contributed by atoms with Crippen LogP contribution in [0.2, 0.25) is 0 Å². The van der Waals surface area contributed by atoms with Crippen LogP contribution in [0.3, 0.4) is 0 Å². The Labute approximate surface area is 138 Å². The lowest BCUT2D eigenvalue weighted by atomic mass is 9.99. The number of Topliss-reactive ketones (excluding diaryl/α,β-unsaturated/α-hetero) is 1. The van der Waals surface area contributed by atoms with Crippen LogP contribution in [0.15, 0.2) is 42.7 Å². The summed E-state index contributed by atoms with van der Waals surface area (Å²) in [5.74, 6) is 0.281. The van der Waals surface area contributed by atoms with Crippen molar-refractivity contribution >= 4 is 5.78 Å². The number of carbonyl (C=O) groups is 1. The van der Waals surface area contributed by atoms with Crippen molar-refractivity contribution in [3.05, 3.63) is 53.9 Å². The molecule has 1 saturated heterocycles. The van der Waals surface area contributed by atoms with Gasteiger partial charge < -0.3 is 4.57 Å². The second-order valence-corrected chi connectivity index (χ2v) is 6.55. The molecule has 0 N–H and O–H groups in total. The molecule has 23 heavy (non-hydrogen) atoms. The Hall–Kier alpha value is -1.87. The first-order chi connectivity index (χ1) is 11.2. The summed E-state index contributed by atoms with van der Waals surface area (Å²) in [6, 6.07) is 10.2. The highest BCUT2D eigenvalue weighted by molar-refractivity contribution is 6.00. The normalized spacial score (nSPS) is 16.6. The van der Waals surface area contributed by atoms with Gasteiger partial charge in [-0.25, -0.2) is 0 Å². The van der Waals surface area contributed by atoms with Gasteiger partial charge in [-0.2, -0.15) is 0 Å². The Balaban J connectivity index is 1.78. The number of aromatic nitrogens is 1. The molecule has 1 atom stereocenters. The summed E-state index contributed by atoms with van der Waals surface area (Å²) in [5.41, 5.74) is 3.17. The minimum Gasteiger partial charge on any atom is -0.324 e. The highest BCUT2D eigenvalue weighted by Crippen LogP contribution is 2.20. The number of benzene rings is 1. The van der Waals surface area contributed by atoms with Crippen LogP contribution < -0.4 is 0 Å². The summed E-state index contributed by atoms with van der Waals surface area (Å²) in [6.07, 6.45) is 8.60. The fourth-order valence-corrected chi connectivity index (χ4v) is 3.46. The number of ketones is 1. The summed E-state index contributed by atoms with van der Waals surface area (Å²) >= 11 is 0. The molecule has 0 saturated carbocycles. The van der Waals surface area contributed by atoms with E-state index in [1.54, 1.807) is 0 Å². The average molecular weight is 310 g/mol. The minimum absolute atomic E-state index is 0.0576. The maximum atomic E-state index is 12.9. The van der Waals surface area contributed by atoms with Crippen molar-refractivity contribution in [2.45, 2.75) is 45.6 Å². The van der Waals surface area contributed by atoms with E-state index in [0.29, 0.717) is 0 Å². The van der Waals surface area contributed by atoms with Crippen molar-refractivity contribution in [1.29, 1.82) is 0 Å². The number of hydrogen-bond acceptors (Lipinski definition) is 2. The molecule has 0 amide bonds. The van der Waals surface area contributed by atoms with Gasteiger partial charge in [-0.15, -0.1) is 0 Å². The molecule has 1 aromatic carbocycles. The maximum absolute atomic E-state index is 12.9. The molecule has 3 nitrogen and oxygen atoms in total. The van der Waals surface area contributed by atoms with Crippen LogP contribution in [0.5, 0.6) is 0 Å². The van der Waals surface area contributed by atoms with Crippen LogP contribution in [0.25, 0.3) is 5.69 Å². The van der Waals surface area contributed by atoms with E-state index in [2.05, 4.69) is 41.8 Å². The first-order valence-electron chi connectivity index (χ1n) is 8.72. The standard InChI is InChI=1S/C20H26N2O/c1-3-6-19(21-12-4-5-13-21)20(23)17-7-9-18(10-8-17)22-14-11-16(2)15-22/h7-11,14-15,19H,3-6,12-13H2,1-2H3. The molecule has 1 aliphatic heterocycles. The predicted molar refractivity (Wildman–Crippen MR) is 94.3 cm³/mol. The van der Waals surface area contributed by atoms with Crippen molar-refractivity contribution in [3.63, 3.8) is 0 Å². The largest absolute Gasteiger partial charge is 0.324 e. The lowest BCUT2D eigenvalue weighted by Crippen LogP contribution is -2.39. The zero-order chi connectivity index (χ0) is 16.2. The van der Waals surface area contributed by atoms with Crippen LogP contribution in [-0.4, -0.2) is 34.4 Å². The van der Waals surface area contributed by atoms with E-state index >= 15 is 0 Å². The lowest BCUT2D eigenvalue weighted by molar-refractivity contribution is 0.0837. The number of rotatable bonds is 6. The summed E-state index contributed by atoms with van der Waals surface area (Å²) in [7, 11) is 0. The van der Waals surface area contributed by atoms with Crippen LogP contribution in [0.4, 0.5) is 0 Å². The topological polar surface area (TPSA) is 25.2 Å². The van der Waals surface area contributed by atoms with E-state index in [-0.39, 0.29) is 11.8 Å². The lowest BCUT2D eigenvalue weighted by Gasteiger charge is -2.26. The molecule has 3 heteroatoms. The zero-order valence-corrected chi connectivity index (χ0v) is 14.2. The molecule has 1 aliphatic rings. The molecule has 1 aromatic heterocycles. The fourth-order valence-electron chi connectivity index (χ4n) is 3.46. The molecule has 122 valence electrons. The highest BCUT2D eigenvalue weighted by Gasteiger charge is 2.27. The van der Waals surface area contributed by atoms with Gasteiger partial charge in [0.1, 0.15) is 0 Å². The third kappa shape index (κ3) is 3.56. The smallest absolute Gasteiger partial charge is 0.179 e. The number of carbonyl (C=O) groups excluding carboxylic acids is 1. The molecule has 2 heterocycles. The Morgan fingerprint density at radius 2 is 1.83 bits per heavy atom. The van der Waals surface area contributed by atoms with Gasteiger partial charge in [0.05, 0.1) is 6.04 Å². The second-order valence-electron chi connectivity index (χ2n) is 6.55. The Morgan fingerprint density at radius 1 is 1.13 bits per heavy atom. The Bertz CT molecular complexity index is 651. The van der Waals surface area contributed by atoms with Crippen LogP contribution in [-0.2, 0) is 0 Å². The third-order valence-electron chi connectivity index (χ3n) is 4.74. The maximum Gasteiger partial charge on any atom is 0.179 e. The molecular weight excluding hydrogens is 284 g/mol. The minimum atomic E-state index is 0.0576. The van der Waals surface area contributed by atoms with Crippen LogP contribution in [0, 0.1) is 6.92 Å². The third-order valence-corrected chi connectivity index (χ3v) is 4.74. The summed E-state index contributed by atoms with van der Waals surface area (Å²) < 4.78 is 2.09. The van der Waals surface area contributed by atoms with Crippen molar-refractivity contribution in [2.24, 2.45) is 0 Å². The summed E-state index contributed by atoms with van der Waals surface area (Å²) in [5, 5.41) is 0. The van der Waals surface area contributed by atoms with E-state index < -0.39 is 0 Å². The Morgan fingerprint density at radius 3 is 2.39 bits per heavy atom. The average Bonchev–Trinajstić information content (AvgIpc) is 3.24. The molecule has 0 bridgehead atoms. The molecule has 3 rings (SSSR count). The van der Waals surface area contributed by atoms with Gasteiger partial charge in [-0.05, 0) is 75.2 Å². The van der Waals surface area contributed by atoms with Crippen molar-refractivity contribution < 1.29 is 4.79 Å². The monoisotopic (exact) mass is 310 g/mol. The van der Waals surface area contributed by atoms with E-state index in [9.17, 15) is 4.79 Å². The second kappa shape index (κ2) is 7.14. The molecular formula is C20H26N2O. The van der Waals surface area contributed by atoms with Gasteiger partial charge in [0, 0.05) is 23.6 Å². The van der Waals surface area contributed by atoms with Crippen molar-refractivity contribution in [3.8, 4) is 5.69 Å². The first kappa shape index (κ1) is 16.0. The van der Waals surface area contributed by atoms with Crippen LogP contribution >= 0.6 is 0 Å². The van der Waals surface area contributed by atoms with E-state index in [1.165, 1.54) is 18.4 Å². The molecule has 1 unspecified atom stereocenters. The summed E-state index contributed by atoms with van der Waals surface area (Å²) in [4.78, 5) is 15.3. The first-order valence-corrected chi connectivity index (χ1v) is 8.72. The zero-order valence-electron chi connectivity index (χ0n) is 14.2. The number of nitrogens with zero attached hydrogens (tertiary/aromatic N) is 2. The molecule has 0 aliphatic carbocycles. The molecule has 0 radical (unpaired) electrons. The number of aryl methyl sites for hydroxylation is 1. The van der Waals surface area contributed by atoms with Gasteiger partial charge in [0.2, 0.25) is 0 Å². The summed E-state index contributed by atoms with van der Waals surface area (Å²) in [6.45, 7) is 6.38. The van der Waals surface area contributed by atoms with E-state index in [0.717, 1.165) is 37.2 Å². The number of hydrogen-bond donors (Lipinski definition) is 0. The predicted octanol–water partition coefficient (Wildman–Crippen LogP) is 4.23. The van der Waals surface area contributed by atoms with Gasteiger partial charge in [-0.1, -0.05) is 13.3 Å². The quantitative estimate of drug-likeness (QED) is 0.746. The number of likely N-dealkylation sites (tertiary alicyclic amines) is 1. The molecule has 1 fully saturated rings. The van der Waals surface area contributed by atoms with Crippen LogP contribution in [0.1, 0.15) is 48.5 Å². The van der Waals surface area contributed by atoms with E-state index in [4.69, 9.17) is 0 Å². The SMILES string of the molecule is CCCC(C(=O)c1ccc(-n2ccc(C)c2)cc1)N1CCCC1. The molecule has 0 spiro atoms. The van der Waals surface area contributed by atoms with Gasteiger partial charge >= 0.3 is 0 Å². The molecule has 2 aromatic rings. The van der Waals surface area contributed by atoms with Gasteiger partial charge in [-0.3, -0.25) is 9.69 Å². The van der Waals surface area contributed by atoms with Gasteiger partial charge in [0.15, 0.2) is 5.78 Å². The van der Waals surface area contributed by atoms with Gasteiger partial charge in [0.25, 0.3) is 0 Å². The van der Waals surface area contributed by atoms with Crippen molar-refractivity contribution in [2.75, 3.05) is 13.1 Å². The Kier molecular flexibility index (Phi) is 4.97. The van der Waals surface area contributed by atoms with Crippen molar-refractivity contribution in [1.82, 2.24) is 9.47 Å². The van der Waals surface area contributed by atoms with E-state index in [1.807, 2.05) is 24.3 Å². The fraction of sp³-hybridized carbons (Fsp3) is 0.450.